The molecule has 3 rings (SSSR count). The van der Waals surface area contributed by atoms with Gasteiger partial charge in [0.15, 0.2) is 0 Å². The maximum absolute atomic E-state index is 12.3. The molecule has 1 saturated carbocycles. The Balaban J connectivity index is 1.61. The number of carbonyl (C=O) groups excluding carboxylic acids is 2. The lowest BCUT2D eigenvalue weighted by atomic mass is 9.87. The van der Waals surface area contributed by atoms with Gasteiger partial charge < -0.3 is 16.0 Å². The monoisotopic (exact) mass is 315 g/mol. The summed E-state index contributed by atoms with van der Waals surface area (Å²) in [5.74, 6) is -0.176. The second-order valence-corrected chi connectivity index (χ2v) is 6.80. The van der Waals surface area contributed by atoms with E-state index in [9.17, 15) is 9.59 Å². The van der Waals surface area contributed by atoms with Crippen LogP contribution in [0.2, 0.25) is 0 Å². The van der Waals surface area contributed by atoms with E-state index in [2.05, 4.69) is 16.0 Å². The Bertz CT molecular complexity index is 614. The maximum Gasteiger partial charge on any atom is 0.237 e. The molecule has 0 unspecified atom stereocenters. The van der Waals surface area contributed by atoms with Crippen LogP contribution in [0.4, 0.5) is 5.69 Å². The quantitative estimate of drug-likeness (QED) is 0.799. The highest BCUT2D eigenvalue weighted by Crippen LogP contribution is 2.23. The van der Waals surface area contributed by atoms with E-state index < -0.39 is 6.04 Å². The van der Waals surface area contributed by atoms with Gasteiger partial charge in [0.05, 0.1) is 12.5 Å². The fourth-order valence-corrected chi connectivity index (χ4v) is 3.53. The smallest absolute Gasteiger partial charge is 0.237 e. The summed E-state index contributed by atoms with van der Waals surface area (Å²) in [4.78, 5) is 24.5. The minimum atomic E-state index is -0.431. The summed E-state index contributed by atoms with van der Waals surface area (Å²) in [5, 5.41) is 9.38. The third-order valence-corrected chi connectivity index (χ3v) is 4.88. The molecule has 0 radical (unpaired) electrons. The fourth-order valence-electron chi connectivity index (χ4n) is 3.53. The first-order chi connectivity index (χ1) is 11.0. The number of carbonyl (C=O) groups is 2. The normalized spacial score (nSPS) is 27.0. The maximum atomic E-state index is 12.3. The van der Waals surface area contributed by atoms with E-state index in [4.69, 9.17) is 0 Å². The fraction of sp³-hybridized carbons (Fsp3) is 0.556. The summed E-state index contributed by atoms with van der Waals surface area (Å²) in [6.45, 7) is 3.96. The van der Waals surface area contributed by atoms with Gasteiger partial charge >= 0.3 is 0 Å². The van der Waals surface area contributed by atoms with E-state index >= 15 is 0 Å². The van der Waals surface area contributed by atoms with Gasteiger partial charge in [-0.15, -0.1) is 0 Å². The molecule has 5 heteroatoms. The van der Waals surface area contributed by atoms with Crippen molar-refractivity contribution in [1.29, 1.82) is 0 Å². The highest BCUT2D eigenvalue weighted by atomic mass is 16.2. The minimum absolute atomic E-state index is 0.0516. The number of aryl methyl sites for hydroxylation is 2. The molecule has 2 fully saturated rings. The average Bonchev–Trinajstić information content (AvgIpc) is 2.51. The van der Waals surface area contributed by atoms with Crippen molar-refractivity contribution in [3.63, 3.8) is 0 Å². The Labute approximate surface area is 137 Å². The molecule has 0 spiro atoms. The van der Waals surface area contributed by atoms with Gasteiger partial charge in [-0.1, -0.05) is 25.0 Å². The van der Waals surface area contributed by atoms with E-state index in [0.29, 0.717) is 6.04 Å². The van der Waals surface area contributed by atoms with Crippen LogP contribution in [-0.4, -0.2) is 29.9 Å². The zero-order chi connectivity index (χ0) is 16.4. The number of piperazine rings is 1. The van der Waals surface area contributed by atoms with Gasteiger partial charge in [0.1, 0.15) is 0 Å². The van der Waals surface area contributed by atoms with Crippen LogP contribution in [0, 0.1) is 13.8 Å². The van der Waals surface area contributed by atoms with Crippen LogP contribution in [0.15, 0.2) is 18.2 Å². The molecule has 1 aromatic carbocycles. The zero-order valence-electron chi connectivity index (χ0n) is 13.8. The van der Waals surface area contributed by atoms with Gasteiger partial charge in [-0.05, 0) is 43.9 Å². The highest BCUT2D eigenvalue weighted by molar-refractivity contribution is 5.96. The third-order valence-electron chi connectivity index (χ3n) is 4.88. The Morgan fingerprint density at radius 1 is 1.22 bits per heavy atom. The topological polar surface area (TPSA) is 70.2 Å². The van der Waals surface area contributed by atoms with Gasteiger partial charge in [-0.2, -0.15) is 0 Å². The van der Waals surface area contributed by atoms with E-state index in [1.54, 1.807) is 0 Å². The number of fused-ring (bicyclic) bond motifs is 1. The van der Waals surface area contributed by atoms with Crippen LogP contribution in [0.25, 0.3) is 0 Å². The standard InChI is InChI=1S/C18H25N3O2/c1-11-7-8-12(2)15(9-11)20-17(22)10-16-18(23)21-14-6-4-3-5-13(14)19-16/h7-9,13-14,16,19H,3-6,10H2,1-2H3,(H,20,22)(H,21,23)/t13-,14+,16+/m0/s1. The largest absolute Gasteiger partial charge is 0.350 e. The van der Waals surface area contributed by atoms with Crippen LogP contribution < -0.4 is 16.0 Å². The van der Waals surface area contributed by atoms with Crippen molar-refractivity contribution >= 4 is 17.5 Å². The number of nitrogens with one attached hydrogen (secondary N) is 3. The molecule has 0 aromatic heterocycles. The van der Waals surface area contributed by atoms with Crippen molar-refractivity contribution in [2.75, 3.05) is 5.32 Å². The molecular weight excluding hydrogens is 290 g/mol. The number of rotatable bonds is 3. The first-order valence-corrected chi connectivity index (χ1v) is 8.46. The van der Waals surface area contributed by atoms with E-state index in [-0.39, 0.29) is 24.3 Å². The van der Waals surface area contributed by atoms with Crippen LogP contribution in [0.1, 0.15) is 43.2 Å². The summed E-state index contributed by atoms with van der Waals surface area (Å²) in [6, 6.07) is 6.07. The molecule has 124 valence electrons. The van der Waals surface area contributed by atoms with Gasteiger partial charge in [0, 0.05) is 17.8 Å². The predicted molar refractivity (Wildman–Crippen MR) is 90.3 cm³/mol. The molecule has 5 nitrogen and oxygen atoms in total. The first kappa shape index (κ1) is 16.0. The average molecular weight is 315 g/mol. The summed E-state index contributed by atoms with van der Waals surface area (Å²) in [7, 11) is 0. The summed E-state index contributed by atoms with van der Waals surface area (Å²) in [5.41, 5.74) is 2.95. The summed E-state index contributed by atoms with van der Waals surface area (Å²) >= 11 is 0. The predicted octanol–water partition coefficient (Wildman–Crippen LogP) is 2.03. The van der Waals surface area contributed by atoms with Crippen molar-refractivity contribution in [2.24, 2.45) is 0 Å². The molecule has 3 atom stereocenters. The lowest BCUT2D eigenvalue weighted by Crippen LogP contribution is -2.65. The van der Waals surface area contributed by atoms with Gasteiger partial charge in [-0.3, -0.25) is 9.59 Å². The molecule has 1 aliphatic carbocycles. The third kappa shape index (κ3) is 3.72. The van der Waals surface area contributed by atoms with Crippen LogP contribution >= 0.6 is 0 Å². The van der Waals surface area contributed by atoms with Crippen molar-refractivity contribution in [3.05, 3.63) is 29.3 Å². The van der Waals surface area contributed by atoms with Crippen LogP contribution in [0.3, 0.4) is 0 Å². The Hall–Kier alpha value is -1.88. The molecule has 1 heterocycles. The summed E-state index contributed by atoms with van der Waals surface area (Å²) in [6.07, 6.45) is 4.62. The second kappa shape index (κ2) is 6.71. The van der Waals surface area contributed by atoms with E-state index in [0.717, 1.165) is 29.7 Å². The number of benzene rings is 1. The Kier molecular flexibility index (Phi) is 4.66. The minimum Gasteiger partial charge on any atom is -0.350 e. The number of amides is 2. The van der Waals surface area contributed by atoms with Crippen molar-refractivity contribution < 1.29 is 9.59 Å². The van der Waals surface area contributed by atoms with Crippen molar-refractivity contribution in [3.8, 4) is 0 Å². The van der Waals surface area contributed by atoms with Gasteiger partial charge in [0.25, 0.3) is 0 Å². The SMILES string of the molecule is Cc1ccc(C)c(NC(=O)C[C@H]2N[C@H]3CCCC[C@H]3NC2=O)c1. The lowest BCUT2D eigenvalue weighted by Gasteiger charge is -2.40. The van der Waals surface area contributed by atoms with Crippen LogP contribution in [0.5, 0.6) is 0 Å². The molecule has 2 amide bonds. The molecule has 2 aliphatic rings. The van der Waals surface area contributed by atoms with E-state index in [1.165, 1.54) is 12.8 Å². The Morgan fingerprint density at radius 2 is 1.96 bits per heavy atom. The molecule has 1 aliphatic heterocycles. The van der Waals surface area contributed by atoms with Crippen molar-refractivity contribution in [1.82, 2.24) is 10.6 Å². The van der Waals surface area contributed by atoms with Gasteiger partial charge in [0.2, 0.25) is 11.8 Å². The van der Waals surface area contributed by atoms with Gasteiger partial charge in [-0.25, -0.2) is 0 Å². The number of hydrogen-bond acceptors (Lipinski definition) is 3. The number of anilines is 1. The number of hydrogen-bond donors (Lipinski definition) is 3. The molecule has 1 saturated heterocycles. The van der Waals surface area contributed by atoms with Crippen LogP contribution in [-0.2, 0) is 9.59 Å². The highest BCUT2D eigenvalue weighted by Gasteiger charge is 2.36. The summed E-state index contributed by atoms with van der Waals surface area (Å²) < 4.78 is 0. The first-order valence-electron chi connectivity index (χ1n) is 8.46. The molecule has 1 aromatic rings. The second-order valence-electron chi connectivity index (χ2n) is 6.80. The molecule has 3 N–H and O–H groups in total. The molecular formula is C18H25N3O2. The molecule has 23 heavy (non-hydrogen) atoms. The lowest BCUT2D eigenvalue weighted by molar-refractivity contribution is -0.129. The Morgan fingerprint density at radius 3 is 2.74 bits per heavy atom. The van der Waals surface area contributed by atoms with Crippen molar-refractivity contribution in [2.45, 2.75) is 64.1 Å². The molecule has 0 bridgehead atoms. The van der Waals surface area contributed by atoms with E-state index in [1.807, 2.05) is 32.0 Å². The zero-order valence-corrected chi connectivity index (χ0v) is 13.8.